The zero-order valence-corrected chi connectivity index (χ0v) is 35.3. The zero-order chi connectivity index (χ0) is 40.1. The van der Waals surface area contributed by atoms with Crippen LogP contribution in [-0.4, -0.2) is 47.4 Å². The van der Waals surface area contributed by atoms with Crippen LogP contribution in [0, 0.1) is 0 Å². The zero-order valence-electron chi connectivity index (χ0n) is 32.3. The molecule has 5 aromatic carbocycles. The fraction of sp³-hybridized carbons (Fsp3) is 0.239. The SMILES string of the molecule is CCCOc1ccc(/C(=C\C2(/C=C(\c3ccc(OCCC)cc3)c3ccc(N(C)C)cc3)OC(=O)c3c(Cl)c(Cl)c(Cl)c(Cl)c32)c2ccc(N(C)C)cc2)cc1. The molecule has 0 aromatic heterocycles. The summed E-state index contributed by atoms with van der Waals surface area (Å²) in [4.78, 5) is 18.3. The van der Waals surface area contributed by atoms with E-state index in [9.17, 15) is 4.79 Å². The summed E-state index contributed by atoms with van der Waals surface area (Å²) in [5.41, 5.74) is 5.70. The summed E-state index contributed by atoms with van der Waals surface area (Å²) >= 11 is 27.4. The van der Waals surface area contributed by atoms with Crippen molar-refractivity contribution in [1.29, 1.82) is 0 Å². The first kappa shape index (κ1) is 41.1. The molecule has 56 heavy (non-hydrogen) atoms. The van der Waals surface area contributed by atoms with Crippen molar-refractivity contribution in [1.82, 2.24) is 0 Å². The van der Waals surface area contributed by atoms with E-state index in [4.69, 9.17) is 60.6 Å². The van der Waals surface area contributed by atoms with Crippen LogP contribution in [0.25, 0.3) is 11.1 Å². The molecule has 6 rings (SSSR count). The molecule has 1 heterocycles. The summed E-state index contributed by atoms with van der Waals surface area (Å²) in [6.45, 7) is 5.33. The third-order valence-corrected chi connectivity index (χ3v) is 11.3. The molecule has 290 valence electrons. The van der Waals surface area contributed by atoms with E-state index in [0.717, 1.165) is 69.1 Å². The fourth-order valence-corrected chi connectivity index (χ4v) is 7.64. The second-order valence-electron chi connectivity index (χ2n) is 13.9. The fourth-order valence-electron chi connectivity index (χ4n) is 6.57. The van der Waals surface area contributed by atoms with Crippen LogP contribution >= 0.6 is 46.4 Å². The van der Waals surface area contributed by atoms with Crippen molar-refractivity contribution in [3.63, 3.8) is 0 Å². The smallest absolute Gasteiger partial charge is 0.341 e. The molecule has 6 nitrogen and oxygen atoms in total. The second-order valence-corrected chi connectivity index (χ2v) is 15.4. The summed E-state index contributed by atoms with van der Waals surface area (Å²) in [5.74, 6) is 0.807. The third-order valence-electron chi connectivity index (χ3n) is 9.51. The van der Waals surface area contributed by atoms with Crippen LogP contribution in [0.5, 0.6) is 11.5 Å². The van der Waals surface area contributed by atoms with Gasteiger partial charge < -0.3 is 24.0 Å². The number of cyclic esters (lactones) is 1. The molecule has 1 aliphatic rings. The van der Waals surface area contributed by atoms with E-state index in [1.165, 1.54) is 0 Å². The molecule has 0 spiro atoms. The van der Waals surface area contributed by atoms with Crippen molar-refractivity contribution in [2.24, 2.45) is 0 Å². The van der Waals surface area contributed by atoms with E-state index in [1.54, 1.807) is 0 Å². The highest BCUT2D eigenvalue weighted by molar-refractivity contribution is 6.53. The number of nitrogens with zero attached hydrogens (tertiary/aromatic N) is 2. The van der Waals surface area contributed by atoms with Gasteiger partial charge >= 0.3 is 5.97 Å². The lowest BCUT2D eigenvalue weighted by Gasteiger charge is -2.27. The van der Waals surface area contributed by atoms with Gasteiger partial charge in [-0.1, -0.05) is 109 Å². The molecule has 0 saturated heterocycles. The minimum atomic E-state index is -1.64. The maximum atomic E-state index is 14.2. The molecule has 0 bridgehead atoms. The first-order valence-corrected chi connectivity index (χ1v) is 20.0. The quantitative estimate of drug-likeness (QED) is 0.0631. The topological polar surface area (TPSA) is 51.2 Å². The molecule has 5 aromatic rings. The summed E-state index contributed by atoms with van der Waals surface area (Å²) in [7, 11) is 7.96. The van der Waals surface area contributed by atoms with Crippen LogP contribution in [0.1, 0.15) is 64.9 Å². The van der Waals surface area contributed by atoms with Gasteiger partial charge in [0, 0.05) is 45.1 Å². The Balaban J connectivity index is 1.70. The predicted octanol–water partition coefficient (Wildman–Crippen LogP) is 12.6. The molecule has 0 unspecified atom stereocenters. The average Bonchev–Trinajstić information content (AvgIpc) is 3.50. The monoisotopic (exact) mass is 828 g/mol. The van der Waals surface area contributed by atoms with Gasteiger partial charge in [0.25, 0.3) is 0 Å². The number of ether oxygens (including phenoxy) is 3. The van der Waals surface area contributed by atoms with Gasteiger partial charge in [-0.05, 0) is 107 Å². The third kappa shape index (κ3) is 8.54. The Bertz CT molecular complexity index is 2130. The van der Waals surface area contributed by atoms with E-state index in [1.807, 2.05) is 147 Å². The van der Waals surface area contributed by atoms with E-state index in [-0.39, 0.29) is 25.7 Å². The van der Waals surface area contributed by atoms with Crippen LogP contribution in [0.4, 0.5) is 11.4 Å². The minimum Gasteiger partial charge on any atom is -0.494 e. The van der Waals surface area contributed by atoms with Crippen LogP contribution in [0.2, 0.25) is 20.1 Å². The van der Waals surface area contributed by atoms with Gasteiger partial charge in [0.1, 0.15) is 11.5 Å². The molecular weight excluding hydrogens is 786 g/mol. The van der Waals surface area contributed by atoms with Gasteiger partial charge in [-0.2, -0.15) is 0 Å². The van der Waals surface area contributed by atoms with Gasteiger partial charge in [-0.15, -0.1) is 0 Å². The molecule has 0 amide bonds. The van der Waals surface area contributed by atoms with Crippen LogP contribution in [-0.2, 0) is 10.3 Å². The van der Waals surface area contributed by atoms with Crippen LogP contribution < -0.4 is 19.3 Å². The van der Waals surface area contributed by atoms with Crippen molar-refractivity contribution in [2.75, 3.05) is 51.2 Å². The molecule has 0 atom stereocenters. The highest BCUT2D eigenvalue weighted by Gasteiger charge is 2.48. The average molecular weight is 831 g/mol. The number of carbonyl (C=O) groups is 1. The number of hydrogen-bond acceptors (Lipinski definition) is 6. The number of carbonyl (C=O) groups excluding carboxylic acids is 1. The van der Waals surface area contributed by atoms with Crippen molar-refractivity contribution >= 4 is 74.9 Å². The predicted molar refractivity (Wildman–Crippen MR) is 234 cm³/mol. The number of anilines is 2. The first-order chi connectivity index (χ1) is 26.9. The summed E-state index contributed by atoms with van der Waals surface area (Å²) < 4.78 is 18.4. The Morgan fingerprint density at radius 2 is 0.929 bits per heavy atom. The van der Waals surface area contributed by atoms with E-state index in [2.05, 4.69) is 13.8 Å². The molecule has 0 aliphatic carbocycles. The molecule has 10 heteroatoms. The highest BCUT2D eigenvalue weighted by atomic mass is 35.5. The molecule has 0 fully saturated rings. The number of fused-ring (bicyclic) bond motifs is 1. The van der Waals surface area contributed by atoms with Crippen LogP contribution in [0.3, 0.4) is 0 Å². The summed E-state index contributed by atoms with van der Waals surface area (Å²) in [6, 6.07) is 32.0. The Hall–Kier alpha value is -4.59. The van der Waals surface area contributed by atoms with Crippen molar-refractivity contribution < 1.29 is 19.0 Å². The van der Waals surface area contributed by atoms with Gasteiger partial charge in [-0.25, -0.2) is 4.79 Å². The Kier molecular flexibility index (Phi) is 13.0. The Morgan fingerprint density at radius 3 is 1.29 bits per heavy atom. The molecule has 0 N–H and O–H groups in total. The lowest BCUT2D eigenvalue weighted by molar-refractivity contribution is 0.0300. The van der Waals surface area contributed by atoms with E-state index >= 15 is 0 Å². The lowest BCUT2D eigenvalue weighted by Crippen LogP contribution is -2.23. The largest absolute Gasteiger partial charge is 0.494 e. The number of hydrogen-bond donors (Lipinski definition) is 0. The van der Waals surface area contributed by atoms with E-state index < -0.39 is 11.6 Å². The number of halogens is 4. The molecule has 0 saturated carbocycles. The second kappa shape index (κ2) is 17.7. The van der Waals surface area contributed by atoms with Gasteiger partial charge in [0.2, 0.25) is 0 Å². The minimum absolute atomic E-state index is 0.0187. The Morgan fingerprint density at radius 1 is 0.571 bits per heavy atom. The van der Waals surface area contributed by atoms with Gasteiger partial charge in [0.05, 0.1) is 38.9 Å². The van der Waals surface area contributed by atoms with Gasteiger partial charge in [0.15, 0.2) is 5.60 Å². The van der Waals surface area contributed by atoms with E-state index in [0.29, 0.717) is 18.8 Å². The van der Waals surface area contributed by atoms with Crippen molar-refractivity contribution in [3.05, 3.63) is 163 Å². The van der Waals surface area contributed by atoms with Gasteiger partial charge in [-0.3, -0.25) is 0 Å². The first-order valence-electron chi connectivity index (χ1n) is 18.4. The summed E-state index contributed by atoms with van der Waals surface area (Å²) in [5, 5.41) is 0.0197. The lowest BCUT2D eigenvalue weighted by atomic mass is 9.83. The molecule has 1 aliphatic heterocycles. The summed E-state index contributed by atoms with van der Waals surface area (Å²) in [6.07, 6.45) is 5.61. The van der Waals surface area contributed by atoms with Crippen LogP contribution in [0.15, 0.2) is 109 Å². The van der Waals surface area contributed by atoms with Crippen molar-refractivity contribution in [2.45, 2.75) is 32.3 Å². The number of benzene rings is 5. The maximum Gasteiger partial charge on any atom is 0.341 e. The normalized spacial score (nSPS) is 13.6. The Labute approximate surface area is 349 Å². The highest BCUT2D eigenvalue weighted by Crippen LogP contribution is 2.53. The molecule has 0 radical (unpaired) electrons. The standard InChI is InChI=1S/C46H44Cl4N2O4/c1-7-25-54-35-21-13-31(14-22-35)37(29-9-17-33(18-10-29)51(3)4)27-46(40-39(45(53)56-46)41(47)43(49)44(50)42(40)48)28-38(30-11-19-34(20-12-30)52(5)6)32-15-23-36(24-16-32)55-26-8-2/h9-24,27-28H,7-8,25-26H2,1-6H3/b37-27-,38-28-. The molecular formula is C46H44Cl4N2O4. The number of rotatable bonds is 14. The number of esters is 1. The van der Waals surface area contributed by atoms with Crippen molar-refractivity contribution in [3.8, 4) is 11.5 Å². The maximum absolute atomic E-state index is 14.2.